The van der Waals surface area contributed by atoms with Gasteiger partial charge in [-0.15, -0.1) is 0 Å². The molecular formula is C19H19Cl2FN2O6. The van der Waals surface area contributed by atoms with E-state index in [1.165, 1.54) is 25.0 Å². The zero-order valence-corrected chi connectivity index (χ0v) is 17.8. The van der Waals surface area contributed by atoms with E-state index in [2.05, 4.69) is 4.74 Å². The number of rotatable bonds is 6. The van der Waals surface area contributed by atoms with Crippen LogP contribution in [0.1, 0.15) is 0 Å². The summed E-state index contributed by atoms with van der Waals surface area (Å²) in [6.07, 6.45) is 1.11. The van der Waals surface area contributed by atoms with Crippen molar-refractivity contribution in [3.8, 4) is 16.9 Å². The van der Waals surface area contributed by atoms with Gasteiger partial charge in [-0.3, -0.25) is 9.48 Å². The summed E-state index contributed by atoms with van der Waals surface area (Å²) >= 11 is 12.5. The van der Waals surface area contributed by atoms with Crippen LogP contribution in [0, 0.1) is 5.82 Å². The number of methoxy groups -OCH3 is 2. The molecule has 0 radical (unpaired) electrons. The molecule has 11 heteroatoms. The second-order valence-corrected chi connectivity index (χ2v) is 6.98. The number of hydrogen-bond acceptors (Lipinski definition) is 6. The molecule has 2 heterocycles. The van der Waals surface area contributed by atoms with Crippen LogP contribution in [0.2, 0.25) is 10.2 Å². The van der Waals surface area contributed by atoms with Gasteiger partial charge in [-0.1, -0.05) is 23.2 Å². The molecule has 1 aliphatic rings. The standard InChI is InChI=1S/C19H19Cl2FN2O6/c1-27-11(7-16(25)28-2)10-30-15-8-12(14(22)9-13(15)20)17-18(21)23-3-5-29-6-4-24(23)19(17)26/h7-9H,3-6,10H2,1-2H3/b11-7+. The minimum Gasteiger partial charge on any atom is -0.497 e. The Labute approximate surface area is 181 Å². The second-order valence-electron chi connectivity index (χ2n) is 6.22. The molecule has 0 spiro atoms. The molecule has 8 nitrogen and oxygen atoms in total. The van der Waals surface area contributed by atoms with Crippen LogP contribution < -0.4 is 10.3 Å². The number of nitrogens with zero attached hydrogens (tertiary/aromatic N) is 2. The lowest BCUT2D eigenvalue weighted by molar-refractivity contribution is -0.135. The van der Waals surface area contributed by atoms with Crippen molar-refractivity contribution in [3.05, 3.63) is 50.3 Å². The van der Waals surface area contributed by atoms with Gasteiger partial charge in [0.25, 0.3) is 5.56 Å². The molecule has 0 fully saturated rings. The van der Waals surface area contributed by atoms with Gasteiger partial charge in [-0.25, -0.2) is 13.9 Å². The van der Waals surface area contributed by atoms with Crippen molar-refractivity contribution < 1.29 is 28.1 Å². The first-order chi connectivity index (χ1) is 14.4. The smallest absolute Gasteiger partial charge is 0.334 e. The Kier molecular flexibility index (Phi) is 7.06. The SMILES string of the molecule is COC(=O)/C=C(\COc1cc(-c2c(Cl)n3n(c2=O)CCOCC3)c(F)cc1Cl)OC. The lowest BCUT2D eigenvalue weighted by Crippen LogP contribution is -2.23. The fraction of sp³-hybridized carbons (Fsp3) is 0.368. The van der Waals surface area contributed by atoms with Crippen molar-refractivity contribution in [2.75, 3.05) is 34.0 Å². The summed E-state index contributed by atoms with van der Waals surface area (Å²) < 4.78 is 38.2. The van der Waals surface area contributed by atoms with Gasteiger partial charge in [-0.2, -0.15) is 0 Å². The second kappa shape index (κ2) is 9.55. The van der Waals surface area contributed by atoms with E-state index in [9.17, 15) is 14.0 Å². The maximum atomic E-state index is 14.7. The molecule has 162 valence electrons. The minimum atomic E-state index is -0.721. The van der Waals surface area contributed by atoms with Crippen LogP contribution in [0.5, 0.6) is 5.75 Å². The minimum absolute atomic E-state index is 0.00894. The molecule has 0 amide bonds. The number of aromatic nitrogens is 2. The van der Waals surface area contributed by atoms with Gasteiger partial charge in [-0.05, 0) is 12.1 Å². The van der Waals surface area contributed by atoms with Crippen molar-refractivity contribution in [3.63, 3.8) is 0 Å². The van der Waals surface area contributed by atoms with E-state index in [0.29, 0.717) is 26.3 Å². The summed E-state index contributed by atoms with van der Waals surface area (Å²) in [5.41, 5.74) is -0.482. The van der Waals surface area contributed by atoms with Crippen LogP contribution in [-0.4, -0.2) is 49.4 Å². The van der Waals surface area contributed by atoms with E-state index in [0.717, 1.165) is 12.1 Å². The van der Waals surface area contributed by atoms with E-state index in [4.69, 9.17) is 37.4 Å². The number of fused-ring (bicyclic) bond motifs is 1. The number of carbonyl (C=O) groups is 1. The molecule has 0 bridgehead atoms. The quantitative estimate of drug-likeness (QED) is 0.374. The predicted octanol–water partition coefficient (Wildman–Crippen LogP) is 2.88. The molecule has 0 atom stereocenters. The van der Waals surface area contributed by atoms with Crippen molar-refractivity contribution in [1.82, 2.24) is 9.36 Å². The molecule has 1 aromatic heterocycles. The third kappa shape index (κ3) is 4.48. The third-order valence-electron chi connectivity index (χ3n) is 4.47. The topological polar surface area (TPSA) is 80.9 Å². The molecule has 0 unspecified atom stereocenters. The Morgan fingerprint density at radius 3 is 2.57 bits per heavy atom. The van der Waals surface area contributed by atoms with Gasteiger partial charge < -0.3 is 18.9 Å². The number of hydrogen-bond donors (Lipinski definition) is 0. The first-order valence-electron chi connectivity index (χ1n) is 8.89. The lowest BCUT2D eigenvalue weighted by Gasteiger charge is -2.12. The molecule has 0 saturated heterocycles. The molecule has 1 aliphatic heterocycles. The fourth-order valence-corrected chi connectivity index (χ4v) is 3.53. The number of halogens is 3. The monoisotopic (exact) mass is 460 g/mol. The molecular weight excluding hydrogens is 442 g/mol. The van der Waals surface area contributed by atoms with Crippen molar-refractivity contribution in [1.29, 1.82) is 0 Å². The Morgan fingerprint density at radius 1 is 1.20 bits per heavy atom. The van der Waals surface area contributed by atoms with Crippen LogP contribution in [0.15, 0.2) is 28.8 Å². The van der Waals surface area contributed by atoms with Crippen LogP contribution in [0.25, 0.3) is 11.1 Å². The molecule has 0 saturated carbocycles. The summed E-state index contributed by atoms with van der Waals surface area (Å²) in [6, 6.07) is 2.33. The highest BCUT2D eigenvalue weighted by molar-refractivity contribution is 6.33. The first-order valence-corrected chi connectivity index (χ1v) is 9.64. The van der Waals surface area contributed by atoms with E-state index in [1.54, 1.807) is 4.68 Å². The van der Waals surface area contributed by atoms with E-state index >= 15 is 0 Å². The molecule has 0 aliphatic carbocycles. The molecule has 1 aromatic carbocycles. The van der Waals surface area contributed by atoms with Crippen molar-refractivity contribution >= 4 is 29.2 Å². The van der Waals surface area contributed by atoms with Gasteiger partial charge in [0.1, 0.15) is 29.1 Å². The maximum Gasteiger partial charge on any atom is 0.334 e. The average molecular weight is 461 g/mol. The van der Waals surface area contributed by atoms with E-state index in [-0.39, 0.29) is 39.4 Å². The van der Waals surface area contributed by atoms with Gasteiger partial charge >= 0.3 is 5.97 Å². The van der Waals surface area contributed by atoms with Gasteiger partial charge in [0, 0.05) is 5.56 Å². The maximum absolute atomic E-state index is 14.7. The summed E-state index contributed by atoms with van der Waals surface area (Å²) in [5, 5.41) is 0.0796. The van der Waals surface area contributed by atoms with Crippen LogP contribution in [-0.2, 0) is 32.1 Å². The fourth-order valence-electron chi connectivity index (χ4n) is 2.96. The van der Waals surface area contributed by atoms with Crippen molar-refractivity contribution in [2.45, 2.75) is 13.1 Å². The molecule has 2 aromatic rings. The summed E-state index contributed by atoms with van der Waals surface area (Å²) in [7, 11) is 2.58. The number of ether oxygens (including phenoxy) is 4. The Balaban J connectivity index is 1.98. The summed E-state index contributed by atoms with van der Waals surface area (Å²) in [4.78, 5) is 24.3. The molecule has 0 N–H and O–H groups in total. The highest BCUT2D eigenvalue weighted by Crippen LogP contribution is 2.35. The largest absolute Gasteiger partial charge is 0.497 e. The lowest BCUT2D eigenvalue weighted by atomic mass is 10.1. The predicted molar refractivity (Wildman–Crippen MR) is 108 cm³/mol. The Hall–Kier alpha value is -2.49. The normalized spacial score (nSPS) is 14.1. The number of benzene rings is 1. The van der Waals surface area contributed by atoms with Crippen LogP contribution in [0.4, 0.5) is 4.39 Å². The molecule has 30 heavy (non-hydrogen) atoms. The summed E-state index contributed by atoms with van der Waals surface area (Å²) in [6.45, 7) is 1.22. The van der Waals surface area contributed by atoms with Gasteiger partial charge in [0.05, 0.1) is 57.2 Å². The van der Waals surface area contributed by atoms with Gasteiger partial charge in [0.2, 0.25) is 0 Å². The highest BCUT2D eigenvalue weighted by atomic mass is 35.5. The first kappa shape index (κ1) is 22.2. The highest BCUT2D eigenvalue weighted by Gasteiger charge is 2.25. The van der Waals surface area contributed by atoms with E-state index in [1.807, 2.05) is 0 Å². The van der Waals surface area contributed by atoms with Gasteiger partial charge in [0.15, 0.2) is 0 Å². The zero-order valence-electron chi connectivity index (χ0n) is 16.2. The third-order valence-corrected chi connectivity index (χ3v) is 5.15. The average Bonchev–Trinajstić information content (AvgIpc) is 2.89. The Morgan fingerprint density at radius 2 is 1.90 bits per heavy atom. The summed E-state index contributed by atoms with van der Waals surface area (Å²) in [5.74, 6) is -1.09. The van der Waals surface area contributed by atoms with E-state index < -0.39 is 17.3 Å². The van der Waals surface area contributed by atoms with Crippen LogP contribution in [0.3, 0.4) is 0 Å². The Bertz CT molecular complexity index is 1050. The van der Waals surface area contributed by atoms with Crippen LogP contribution >= 0.6 is 23.2 Å². The zero-order chi connectivity index (χ0) is 21.8. The van der Waals surface area contributed by atoms with Crippen molar-refractivity contribution in [2.24, 2.45) is 0 Å². The number of carbonyl (C=O) groups excluding carboxylic acids is 1. The molecule has 3 rings (SSSR count). The number of esters is 1.